The van der Waals surface area contributed by atoms with Crippen LogP contribution in [0.3, 0.4) is 0 Å². The number of carbonyl (C=O) groups excluding carboxylic acids is 2. The zero-order valence-electron chi connectivity index (χ0n) is 24.9. The number of nitrogens with zero attached hydrogens (tertiary/aromatic N) is 4. The molecule has 2 heterocycles. The Morgan fingerprint density at radius 1 is 1.00 bits per heavy atom. The fraction of sp³-hybridized carbons (Fsp3) is 0.552. The molecule has 2 unspecified atom stereocenters. The molecule has 9 heteroatoms. The van der Waals surface area contributed by atoms with E-state index in [1.54, 1.807) is 24.8 Å². The van der Waals surface area contributed by atoms with Crippen LogP contribution in [-0.4, -0.2) is 61.0 Å². The molecule has 2 N–H and O–H groups in total. The van der Waals surface area contributed by atoms with Gasteiger partial charge in [-0.15, -0.1) is 10.3 Å². The number of aldehydes is 2. The number of carbonyl (C=O) groups is 2. The fourth-order valence-electron chi connectivity index (χ4n) is 3.20. The largest absolute Gasteiger partial charge is 0.371 e. The molecule has 0 bridgehead atoms. The quantitative estimate of drug-likeness (QED) is 0.330. The van der Waals surface area contributed by atoms with E-state index in [1.807, 2.05) is 65.5 Å². The third-order valence-electron chi connectivity index (χ3n) is 6.06. The van der Waals surface area contributed by atoms with E-state index in [0.29, 0.717) is 6.04 Å². The third-order valence-corrected chi connectivity index (χ3v) is 9.06. The van der Waals surface area contributed by atoms with E-state index in [2.05, 4.69) is 45.6 Å². The molecule has 0 amide bonds. The number of nitrogens with one attached hydrogen (secondary N) is 1. The first-order valence-electron chi connectivity index (χ1n) is 13.3. The summed E-state index contributed by atoms with van der Waals surface area (Å²) < 4.78 is 11.6. The molecular formula is C29H49N5O3S. The summed E-state index contributed by atoms with van der Waals surface area (Å²) in [4.78, 5) is 33.7. The monoisotopic (exact) mass is 547 g/mol. The molecule has 4 rings (SSSR count). The van der Waals surface area contributed by atoms with E-state index in [4.69, 9.17) is 0 Å². The van der Waals surface area contributed by atoms with Crippen molar-refractivity contribution in [3.8, 4) is 0 Å². The van der Waals surface area contributed by atoms with Crippen LogP contribution >= 0.6 is 10.3 Å². The average Bonchev–Trinajstić information content (AvgIpc) is 3.58. The maximum absolute atomic E-state index is 10.8. The zero-order chi connectivity index (χ0) is 29.4. The second-order valence-electron chi connectivity index (χ2n) is 9.57. The highest BCUT2D eigenvalue weighted by molar-refractivity contribution is 8.29. The Balaban J connectivity index is 0.000000576. The number of hydrogen-bond acceptors (Lipinski definition) is 7. The Kier molecular flexibility index (Phi) is 16.4. The molecule has 214 valence electrons. The van der Waals surface area contributed by atoms with Crippen LogP contribution in [0.25, 0.3) is 11.2 Å². The Morgan fingerprint density at radius 3 is 2.00 bits per heavy atom. The van der Waals surface area contributed by atoms with Crippen LogP contribution in [-0.2, 0) is 4.79 Å². The van der Waals surface area contributed by atoms with Crippen molar-refractivity contribution in [2.45, 2.75) is 78.5 Å². The Labute approximate surface area is 231 Å². The predicted molar refractivity (Wildman–Crippen MR) is 164 cm³/mol. The number of fused-ring (bicyclic) bond motifs is 1. The molecule has 2 aromatic heterocycles. The molecule has 3 aromatic rings. The summed E-state index contributed by atoms with van der Waals surface area (Å²) in [6.45, 7) is 14.2. The molecule has 1 fully saturated rings. The van der Waals surface area contributed by atoms with E-state index in [9.17, 15) is 14.1 Å². The Morgan fingerprint density at radius 2 is 1.58 bits per heavy atom. The molecule has 38 heavy (non-hydrogen) atoms. The lowest BCUT2D eigenvalue weighted by Crippen LogP contribution is -2.21. The molecule has 0 saturated heterocycles. The molecule has 0 aliphatic heterocycles. The average molecular weight is 548 g/mol. The first kappa shape index (κ1) is 35.2. The molecule has 1 aliphatic rings. The minimum atomic E-state index is -1.34. The van der Waals surface area contributed by atoms with Gasteiger partial charge in [-0.2, -0.15) is 0 Å². The van der Waals surface area contributed by atoms with Gasteiger partial charge in [0.2, 0.25) is 0 Å². The van der Waals surface area contributed by atoms with Gasteiger partial charge in [-0.3, -0.25) is 4.79 Å². The topological polar surface area (TPSA) is 110 Å². The molecule has 1 aliphatic carbocycles. The molecular weight excluding hydrogens is 498 g/mol. The molecule has 1 saturated carbocycles. The van der Waals surface area contributed by atoms with E-state index in [-0.39, 0.29) is 10.7 Å². The maximum Gasteiger partial charge on any atom is 0.165 e. The van der Waals surface area contributed by atoms with Crippen molar-refractivity contribution in [1.29, 1.82) is 0 Å². The predicted octanol–water partition coefficient (Wildman–Crippen LogP) is 7.28. The molecule has 8 nitrogen and oxygen atoms in total. The smallest absolute Gasteiger partial charge is 0.165 e. The highest BCUT2D eigenvalue weighted by atomic mass is 32.3. The minimum Gasteiger partial charge on any atom is -0.371 e. The normalized spacial score (nSPS) is 16.6. The van der Waals surface area contributed by atoms with E-state index in [1.165, 1.54) is 0 Å². The summed E-state index contributed by atoms with van der Waals surface area (Å²) in [5.41, 5.74) is 2.35. The highest BCUT2D eigenvalue weighted by Gasteiger charge is 2.27. The van der Waals surface area contributed by atoms with E-state index >= 15 is 0 Å². The molecule has 0 spiro atoms. The van der Waals surface area contributed by atoms with Crippen molar-refractivity contribution < 1.29 is 14.1 Å². The van der Waals surface area contributed by atoms with Crippen molar-refractivity contribution in [3.05, 3.63) is 48.5 Å². The molecule has 1 aromatic carbocycles. The van der Waals surface area contributed by atoms with Crippen LogP contribution in [0.2, 0.25) is 0 Å². The summed E-state index contributed by atoms with van der Waals surface area (Å²) in [7, 11) is 0.478. The molecule has 2 atom stereocenters. The van der Waals surface area contributed by atoms with Crippen molar-refractivity contribution >= 4 is 39.9 Å². The minimum absolute atomic E-state index is 0.0764. The lowest BCUT2D eigenvalue weighted by molar-refractivity contribution is -0.110. The van der Waals surface area contributed by atoms with Gasteiger partial charge in [0, 0.05) is 29.3 Å². The lowest BCUT2D eigenvalue weighted by Gasteiger charge is -2.38. The standard InChI is InChI=1S/C12H15N5O.C7H6O.C6H16OS.2C2H6/c1-13-11-10-12(15-6-14-11)17(7-16-10)9-3-2-8(4-9)5-18;8-6-7-4-2-1-3-5-7;1-6(2,3)8(4,5)7;2*1-2/h5-9H,2-4H2,1H3,(H,13,14,15);1-6H;7H,1-5H3;2*1-2H3. The number of benzene rings is 1. The zero-order valence-corrected chi connectivity index (χ0v) is 25.7. The van der Waals surface area contributed by atoms with Gasteiger partial charge in [0.05, 0.1) is 6.33 Å². The number of rotatable bonds is 4. The SMILES string of the molecule is CC.CC.CC(C)(C)S(C)(C)O.CNc1ncnc2c1ncn2C1CCC(C=O)C1.O=Cc1ccccc1. The van der Waals surface area contributed by atoms with Gasteiger partial charge < -0.3 is 19.2 Å². The van der Waals surface area contributed by atoms with E-state index < -0.39 is 10.3 Å². The van der Waals surface area contributed by atoms with Gasteiger partial charge in [-0.1, -0.05) is 78.8 Å². The second-order valence-corrected chi connectivity index (χ2v) is 13.3. The van der Waals surface area contributed by atoms with Gasteiger partial charge in [0.25, 0.3) is 0 Å². The van der Waals surface area contributed by atoms with Crippen molar-refractivity contribution in [1.82, 2.24) is 19.5 Å². The summed E-state index contributed by atoms with van der Waals surface area (Å²) >= 11 is 0. The van der Waals surface area contributed by atoms with Gasteiger partial charge in [-0.25, -0.2) is 15.0 Å². The first-order valence-corrected chi connectivity index (χ1v) is 15.7. The van der Waals surface area contributed by atoms with Crippen molar-refractivity contribution in [2.75, 3.05) is 24.9 Å². The summed E-state index contributed by atoms with van der Waals surface area (Å²) in [6, 6.07) is 9.42. The lowest BCUT2D eigenvalue weighted by atomic mass is 10.1. The molecule has 0 radical (unpaired) electrons. The summed E-state index contributed by atoms with van der Waals surface area (Å²) in [5, 5.41) is 3.01. The number of anilines is 1. The number of aromatic nitrogens is 4. The third kappa shape index (κ3) is 10.9. The van der Waals surface area contributed by atoms with Crippen LogP contribution in [0.15, 0.2) is 43.0 Å². The van der Waals surface area contributed by atoms with Gasteiger partial charge >= 0.3 is 0 Å². The van der Waals surface area contributed by atoms with E-state index in [0.717, 1.165) is 54.4 Å². The highest BCUT2D eigenvalue weighted by Crippen LogP contribution is 2.48. The van der Waals surface area contributed by atoms with Gasteiger partial charge in [0.15, 0.2) is 11.5 Å². The van der Waals surface area contributed by atoms with Crippen molar-refractivity contribution in [2.24, 2.45) is 5.92 Å². The second kappa shape index (κ2) is 17.7. The number of imidazole rings is 1. The van der Waals surface area contributed by atoms with Crippen LogP contribution in [0.1, 0.15) is 84.1 Å². The Bertz CT molecular complexity index is 1050. The number of hydrogen-bond donors (Lipinski definition) is 2. The van der Waals surface area contributed by atoms with Gasteiger partial charge in [0.1, 0.15) is 24.4 Å². The fourth-order valence-corrected chi connectivity index (χ4v) is 3.20. The maximum atomic E-state index is 10.8. The van der Waals surface area contributed by atoms with Crippen LogP contribution < -0.4 is 5.32 Å². The summed E-state index contributed by atoms with van der Waals surface area (Å²) in [5.74, 6) is 0.918. The van der Waals surface area contributed by atoms with Crippen molar-refractivity contribution in [3.63, 3.8) is 0 Å². The first-order chi connectivity index (χ1) is 18.0. The van der Waals surface area contributed by atoms with Crippen LogP contribution in [0.5, 0.6) is 0 Å². The van der Waals surface area contributed by atoms with Crippen LogP contribution in [0, 0.1) is 5.92 Å². The Hall–Kier alpha value is -2.78. The van der Waals surface area contributed by atoms with Gasteiger partial charge in [-0.05, 0) is 31.8 Å². The summed E-state index contributed by atoms with van der Waals surface area (Å²) in [6.07, 6.45) is 11.9. The van der Waals surface area contributed by atoms with Crippen LogP contribution in [0.4, 0.5) is 5.82 Å².